The van der Waals surface area contributed by atoms with Crippen molar-refractivity contribution in [3.63, 3.8) is 0 Å². The van der Waals surface area contributed by atoms with Gasteiger partial charge in [-0.1, -0.05) is 36.1 Å². The van der Waals surface area contributed by atoms with Crippen molar-refractivity contribution in [1.82, 2.24) is 10.2 Å². The Bertz CT molecular complexity index is 1060. The van der Waals surface area contributed by atoms with E-state index in [9.17, 15) is 22.8 Å². The van der Waals surface area contributed by atoms with Gasteiger partial charge >= 0.3 is 0 Å². The molecule has 2 amide bonds. The Morgan fingerprint density at radius 2 is 2.00 bits per heavy atom. The molecule has 1 aliphatic rings. The molecule has 5 nitrogen and oxygen atoms in total. The molecule has 3 rings (SSSR count). The van der Waals surface area contributed by atoms with Gasteiger partial charge in [0.1, 0.15) is 10.1 Å². The number of thioether (sulfide) groups is 1. The molecule has 0 aromatic heterocycles. The van der Waals surface area contributed by atoms with Gasteiger partial charge in [-0.25, -0.2) is 13.2 Å². The second-order valence-electron chi connectivity index (χ2n) is 6.09. The van der Waals surface area contributed by atoms with Crippen molar-refractivity contribution in [2.75, 3.05) is 20.2 Å². The van der Waals surface area contributed by atoms with Gasteiger partial charge in [-0.05, 0) is 35.9 Å². The molecule has 1 fully saturated rings. The number of ether oxygens (including phenoxy) is 1. The largest absolute Gasteiger partial charge is 0.497 e. The number of carbonyl (C=O) groups excluding carboxylic acids is 2. The van der Waals surface area contributed by atoms with Crippen molar-refractivity contribution in [3.8, 4) is 5.75 Å². The highest BCUT2D eigenvalue weighted by atomic mass is 32.2. The smallest absolute Gasteiger partial charge is 0.266 e. The number of rotatable bonds is 6. The van der Waals surface area contributed by atoms with Gasteiger partial charge in [0.2, 0.25) is 0 Å². The molecule has 0 bridgehead atoms. The van der Waals surface area contributed by atoms with Crippen LogP contribution in [0.25, 0.3) is 6.08 Å². The van der Waals surface area contributed by atoms with Crippen molar-refractivity contribution in [1.29, 1.82) is 0 Å². The predicted octanol–water partition coefficient (Wildman–Crippen LogP) is 3.74. The third kappa shape index (κ3) is 4.65. The molecule has 10 heteroatoms. The van der Waals surface area contributed by atoms with Gasteiger partial charge in [0.05, 0.1) is 17.6 Å². The zero-order chi connectivity index (χ0) is 21.8. The van der Waals surface area contributed by atoms with Gasteiger partial charge in [0, 0.05) is 13.1 Å². The number of halogens is 3. The average Bonchev–Trinajstić information content (AvgIpc) is 2.99. The Morgan fingerprint density at radius 1 is 1.23 bits per heavy atom. The lowest BCUT2D eigenvalue weighted by molar-refractivity contribution is -0.122. The maximum atomic E-state index is 13.7. The second kappa shape index (κ2) is 9.31. The first kappa shape index (κ1) is 21.8. The molecule has 2 aromatic rings. The summed E-state index contributed by atoms with van der Waals surface area (Å²) in [5.41, 5.74) is 0.133. The Labute approximate surface area is 179 Å². The van der Waals surface area contributed by atoms with Crippen molar-refractivity contribution in [3.05, 3.63) is 69.9 Å². The third-order valence-corrected chi connectivity index (χ3v) is 5.54. The number of benzene rings is 2. The lowest BCUT2D eigenvalue weighted by Gasteiger charge is -2.15. The van der Waals surface area contributed by atoms with Gasteiger partial charge in [-0.3, -0.25) is 14.5 Å². The molecule has 0 saturated carbocycles. The maximum Gasteiger partial charge on any atom is 0.266 e. The normalized spacial score (nSPS) is 15.1. The van der Waals surface area contributed by atoms with E-state index in [1.54, 1.807) is 31.4 Å². The van der Waals surface area contributed by atoms with Crippen molar-refractivity contribution in [2.24, 2.45) is 0 Å². The highest BCUT2D eigenvalue weighted by molar-refractivity contribution is 8.26. The molecule has 0 aliphatic carbocycles. The summed E-state index contributed by atoms with van der Waals surface area (Å²) in [6, 6.07) is 8.66. The highest BCUT2D eigenvalue weighted by Gasteiger charge is 2.31. The molecule has 2 aromatic carbocycles. The minimum Gasteiger partial charge on any atom is -0.497 e. The van der Waals surface area contributed by atoms with E-state index < -0.39 is 28.9 Å². The predicted molar refractivity (Wildman–Crippen MR) is 112 cm³/mol. The van der Waals surface area contributed by atoms with Crippen LogP contribution in [-0.2, 0) is 4.79 Å². The van der Waals surface area contributed by atoms with Gasteiger partial charge in [0.25, 0.3) is 11.8 Å². The van der Waals surface area contributed by atoms with E-state index in [-0.39, 0.29) is 19.0 Å². The van der Waals surface area contributed by atoms with Gasteiger partial charge < -0.3 is 10.1 Å². The summed E-state index contributed by atoms with van der Waals surface area (Å²) in [7, 11) is 1.54. The van der Waals surface area contributed by atoms with Crippen molar-refractivity contribution >= 4 is 46.2 Å². The summed E-state index contributed by atoms with van der Waals surface area (Å²) in [5, 5.41) is 2.37. The van der Waals surface area contributed by atoms with Crippen LogP contribution >= 0.6 is 24.0 Å². The van der Waals surface area contributed by atoms with E-state index >= 15 is 0 Å². The topological polar surface area (TPSA) is 58.6 Å². The lowest BCUT2D eigenvalue weighted by Crippen LogP contribution is -2.37. The summed E-state index contributed by atoms with van der Waals surface area (Å²) in [4.78, 5) is 26.3. The molecule has 0 atom stereocenters. The number of nitrogens with one attached hydrogen (secondary N) is 1. The molecular weight excluding hydrogens is 437 g/mol. The van der Waals surface area contributed by atoms with E-state index in [1.165, 1.54) is 4.90 Å². The van der Waals surface area contributed by atoms with Crippen LogP contribution in [0.1, 0.15) is 15.9 Å². The van der Waals surface area contributed by atoms with Crippen LogP contribution in [0.4, 0.5) is 13.2 Å². The first-order valence-corrected chi connectivity index (χ1v) is 9.85. The van der Waals surface area contributed by atoms with Crippen LogP contribution in [0.5, 0.6) is 5.75 Å². The number of carbonyl (C=O) groups is 2. The van der Waals surface area contributed by atoms with Gasteiger partial charge in [0.15, 0.2) is 17.5 Å². The van der Waals surface area contributed by atoms with Gasteiger partial charge in [-0.15, -0.1) is 0 Å². The fourth-order valence-corrected chi connectivity index (χ4v) is 3.96. The first-order valence-electron chi connectivity index (χ1n) is 8.63. The minimum absolute atomic E-state index is 0.0388. The van der Waals surface area contributed by atoms with E-state index in [2.05, 4.69) is 5.32 Å². The number of nitrogens with zero attached hydrogens (tertiary/aromatic N) is 1. The Kier molecular flexibility index (Phi) is 6.78. The molecule has 1 N–H and O–H groups in total. The zero-order valence-corrected chi connectivity index (χ0v) is 17.2. The SMILES string of the molecule is COc1cccc(/C=C2/SC(=S)N(CCNC(=O)c3ccc(F)c(F)c3F)C2=O)c1. The fraction of sp³-hybridized carbons (Fsp3) is 0.150. The molecule has 1 heterocycles. The molecule has 0 unspecified atom stereocenters. The van der Waals surface area contributed by atoms with Crippen LogP contribution in [-0.4, -0.2) is 41.2 Å². The lowest BCUT2D eigenvalue weighted by atomic mass is 10.2. The Balaban J connectivity index is 1.63. The van der Waals surface area contributed by atoms with E-state index in [4.69, 9.17) is 17.0 Å². The van der Waals surface area contributed by atoms with Crippen LogP contribution in [0.15, 0.2) is 41.3 Å². The van der Waals surface area contributed by atoms with Crippen LogP contribution in [0, 0.1) is 17.5 Å². The van der Waals surface area contributed by atoms with Crippen LogP contribution < -0.4 is 10.1 Å². The molecular formula is C20H15F3N2O3S2. The molecule has 0 radical (unpaired) electrons. The average molecular weight is 452 g/mol. The number of thiocarbonyl (C=S) groups is 1. The van der Waals surface area contributed by atoms with E-state index in [0.717, 1.165) is 23.4 Å². The van der Waals surface area contributed by atoms with Crippen LogP contribution in [0.3, 0.4) is 0 Å². The number of hydrogen-bond acceptors (Lipinski definition) is 5. The number of methoxy groups -OCH3 is 1. The fourth-order valence-electron chi connectivity index (χ4n) is 2.65. The standard InChI is InChI=1S/C20H15F3N2O3S2/c1-28-12-4-2-3-11(9-12)10-15-19(27)25(20(29)30-15)8-7-24-18(26)13-5-6-14(21)17(23)16(13)22/h2-6,9-10H,7-8H2,1H3,(H,24,26)/b15-10+. The maximum absolute atomic E-state index is 13.7. The third-order valence-electron chi connectivity index (χ3n) is 4.17. The summed E-state index contributed by atoms with van der Waals surface area (Å²) in [6.45, 7) is -0.0205. The Hall–Kier alpha value is -2.85. The first-order chi connectivity index (χ1) is 14.3. The summed E-state index contributed by atoms with van der Waals surface area (Å²) in [5.74, 6) is -5.29. The quantitative estimate of drug-likeness (QED) is 0.411. The summed E-state index contributed by atoms with van der Waals surface area (Å²) >= 11 is 6.34. The minimum atomic E-state index is -1.72. The number of amides is 2. The Morgan fingerprint density at radius 3 is 2.73 bits per heavy atom. The molecule has 1 saturated heterocycles. The van der Waals surface area contributed by atoms with Gasteiger partial charge in [-0.2, -0.15) is 0 Å². The molecule has 0 spiro atoms. The highest BCUT2D eigenvalue weighted by Crippen LogP contribution is 2.32. The zero-order valence-electron chi connectivity index (χ0n) is 15.6. The number of hydrogen-bond donors (Lipinski definition) is 1. The molecule has 1 aliphatic heterocycles. The summed E-state index contributed by atoms with van der Waals surface area (Å²) < 4.78 is 45.4. The summed E-state index contributed by atoms with van der Waals surface area (Å²) in [6.07, 6.45) is 1.68. The van der Waals surface area contributed by atoms with Crippen molar-refractivity contribution < 1.29 is 27.5 Å². The monoisotopic (exact) mass is 452 g/mol. The molecule has 30 heavy (non-hydrogen) atoms. The van der Waals surface area contributed by atoms with E-state index in [0.29, 0.717) is 21.0 Å². The van der Waals surface area contributed by atoms with E-state index in [1.807, 2.05) is 6.07 Å². The van der Waals surface area contributed by atoms with Crippen LogP contribution in [0.2, 0.25) is 0 Å². The molecule has 156 valence electrons. The van der Waals surface area contributed by atoms with Crippen molar-refractivity contribution in [2.45, 2.75) is 0 Å². The second-order valence-corrected chi connectivity index (χ2v) is 7.76.